The number of thioether (sulfide) groups is 1. The summed E-state index contributed by atoms with van der Waals surface area (Å²) in [6.07, 6.45) is 1.10. The van der Waals surface area contributed by atoms with E-state index in [1.54, 1.807) is 23.9 Å². The molecule has 2 atom stereocenters. The van der Waals surface area contributed by atoms with Gasteiger partial charge in [-0.1, -0.05) is 29.8 Å². The number of rotatable bonds is 5. The Morgan fingerprint density at radius 3 is 2.77 bits per heavy atom. The van der Waals surface area contributed by atoms with Gasteiger partial charge in [-0.2, -0.15) is 0 Å². The lowest BCUT2D eigenvalue weighted by Gasteiger charge is -2.26. The van der Waals surface area contributed by atoms with Gasteiger partial charge in [-0.3, -0.25) is 9.59 Å². The average Bonchev–Trinajstić information content (AvgIpc) is 2.62. The molecule has 136 valence electrons. The molecule has 0 unspecified atom stereocenters. The fraction of sp³-hybridized carbons (Fsp3) is 0.300. The fourth-order valence-corrected chi connectivity index (χ4v) is 4.28. The monoisotopic (exact) mass is 388 g/mol. The minimum Gasteiger partial charge on any atom is -0.349 e. The van der Waals surface area contributed by atoms with E-state index in [9.17, 15) is 9.59 Å². The molecule has 3 rings (SSSR count). The Morgan fingerprint density at radius 2 is 2.00 bits per heavy atom. The second-order valence-electron chi connectivity index (χ2n) is 6.38. The summed E-state index contributed by atoms with van der Waals surface area (Å²) in [5, 5.41) is 6.63. The summed E-state index contributed by atoms with van der Waals surface area (Å²) in [5.41, 5.74) is 1.66. The zero-order valence-electron chi connectivity index (χ0n) is 14.5. The molecule has 0 spiro atoms. The highest BCUT2D eigenvalue weighted by Gasteiger charge is 2.23. The van der Waals surface area contributed by atoms with Crippen molar-refractivity contribution in [2.75, 3.05) is 5.75 Å². The van der Waals surface area contributed by atoms with Crippen LogP contribution in [0.4, 0.5) is 0 Å². The van der Waals surface area contributed by atoms with Crippen molar-refractivity contribution >= 4 is 35.2 Å². The van der Waals surface area contributed by atoms with Gasteiger partial charge >= 0.3 is 0 Å². The second-order valence-corrected chi connectivity index (χ2v) is 7.96. The van der Waals surface area contributed by atoms with E-state index in [2.05, 4.69) is 10.6 Å². The van der Waals surface area contributed by atoms with Crippen LogP contribution in [0, 0.1) is 0 Å². The summed E-state index contributed by atoms with van der Waals surface area (Å²) < 4.78 is 0. The molecule has 0 aromatic heterocycles. The smallest absolute Gasteiger partial charge is 0.251 e. The van der Waals surface area contributed by atoms with E-state index < -0.39 is 0 Å². The normalized spacial score (nSPS) is 17.1. The van der Waals surface area contributed by atoms with Gasteiger partial charge in [-0.05, 0) is 49.2 Å². The van der Waals surface area contributed by atoms with Gasteiger partial charge in [0.25, 0.3) is 5.91 Å². The molecule has 0 saturated heterocycles. The van der Waals surface area contributed by atoms with Gasteiger partial charge in [0.05, 0.1) is 6.04 Å². The zero-order valence-corrected chi connectivity index (χ0v) is 16.1. The van der Waals surface area contributed by atoms with Crippen molar-refractivity contribution < 1.29 is 9.59 Å². The molecule has 2 N–H and O–H groups in total. The van der Waals surface area contributed by atoms with Gasteiger partial charge in [-0.25, -0.2) is 0 Å². The molecule has 1 heterocycles. The number of hydrogen-bond acceptors (Lipinski definition) is 3. The highest BCUT2D eigenvalue weighted by atomic mass is 35.5. The van der Waals surface area contributed by atoms with Crippen molar-refractivity contribution in [3.05, 3.63) is 64.7 Å². The van der Waals surface area contributed by atoms with E-state index in [1.165, 1.54) is 0 Å². The molecule has 0 saturated carbocycles. The van der Waals surface area contributed by atoms with Crippen molar-refractivity contribution in [1.82, 2.24) is 10.6 Å². The Labute approximate surface area is 162 Å². The Kier molecular flexibility index (Phi) is 6.22. The molecule has 6 heteroatoms. The Balaban J connectivity index is 1.56. The van der Waals surface area contributed by atoms with E-state index in [1.807, 2.05) is 43.3 Å². The number of carbonyl (C=O) groups is 2. The van der Waals surface area contributed by atoms with Gasteiger partial charge in [-0.15, -0.1) is 11.8 Å². The van der Waals surface area contributed by atoms with Crippen LogP contribution in [0.3, 0.4) is 0 Å². The highest BCUT2D eigenvalue weighted by Crippen LogP contribution is 2.37. The topological polar surface area (TPSA) is 58.2 Å². The van der Waals surface area contributed by atoms with Gasteiger partial charge in [0.2, 0.25) is 5.91 Å². The third kappa shape index (κ3) is 4.80. The first-order valence-corrected chi connectivity index (χ1v) is 9.97. The molecule has 0 radical (unpaired) electrons. The number of carbonyl (C=O) groups excluding carboxylic acids is 2. The summed E-state index contributed by atoms with van der Waals surface area (Å²) >= 11 is 7.89. The molecule has 0 aliphatic carbocycles. The number of benzene rings is 2. The molecule has 4 nitrogen and oxygen atoms in total. The summed E-state index contributed by atoms with van der Waals surface area (Å²) in [4.78, 5) is 25.8. The maximum atomic E-state index is 12.4. The van der Waals surface area contributed by atoms with Gasteiger partial charge in [0, 0.05) is 33.7 Å². The lowest BCUT2D eigenvalue weighted by Crippen LogP contribution is -2.38. The molecule has 2 aromatic carbocycles. The third-order valence-electron chi connectivity index (χ3n) is 4.25. The zero-order chi connectivity index (χ0) is 18.5. The largest absolute Gasteiger partial charge is 0.349 e. The van der Waals surface area contributed by atoms with Gasteiger partial charge in [0.15, 0.2) is 0 Å². The van der Waals surface area contributed by atoms with Gasteiger partial charge in [0.1, 0.15) is 0 Å². The maximum Gasteiger partial charge on any atom is 0.251 e. The van der Waals surface area contributed by atoms with Crippen molar-refractivity contribution in [2.45, 2.75) is 36.7 Å². The number of nitrogens with one attached hydrogen (secondary N) is 2. The average molecular weight is 389 g/mol. The SMILES string of the molecule is C[C@H](CC(=O)N[C@H]1CCSc2ccc(Cl)cc21)NC(=O)c1ccccc1. The molecule has 2 aromatic rings. The minimum atomic E-state index is -0.250. The van der Waals surface area contributed by atoms with Crippen LogP contribution < -0.4 is 10.6 Å². The molecule has 26 heavy (non-hydrogen) atoms. The highest BCUT2D eigenvalue weighted by molar-refractivity contribution is 7.99. The fourth-order valence-electron chi connectivity index (χ4n) is 2.99. The molecule has 1 aliphatic heterocycles. The summed E-state index contributed by atoms with van der Waals surface area (Å²) in [6, 6.07) is 14.5. The number of halogens is 1. The number of amides is 2. The third-order valence-corrected chi connectivity index (χ3v) is 5.61. The van der Waals surface area contributed by atoms with Crippen molar-refractivity contribution in [3.8, 4) is 0 Å². The summed E-state index contributed by atoms with van der Waals surface area (Å²) in [5.74, 6) is 0.714. The predicted molar refractivity (Wildman–Crippen MR) is 106 cm³/mol. The van der Waals surface area contributed by atoms with Crippen LogP contribution in [0.2, 0.25) is 5.02 Å². The summed E-state index contributed by atoms with van der Waals surface area (Å²) in [6.45, 7) is 1.84. The van der Waals surface area contributed by atoms with Crippen LogP contribution in [0.5, 0.6) is 0 Å². The number of fused-ring (bicyclic) bond motifs is 1. The molecule has 2 amide bonds. The van der Waals surface area contributed by atoms with E-state index in [0.717, 1.165) is 22.6 Å². The van der Waals surface area contributed by atoms with Crippen molar-refractivity contribution in [2.24, 2.45) is 0 Å². The number of hydrogen-bond donors (Lipinski definition) is 2. The van der Waals surface area contributed by atoms with Crippen molar-refractivity contribution in [1.29, 1.82) is 0 Å². The predicted octanol–water partition coefficient (Wildman–Crippen LogP) is 4.20. The lowest BCUT2D eigenvalue weighted by molar-refractivity contribution is -0.122. The molecule has 1 aliphatic rings. The van der Waals surface area contributed by atoms with Crippen LogP contribution in [0.15, 0.2) is 53.4 Å². The first kappa shape index (κ1) is 18.8. The van der Waals surface area contributed by atoms with Crippen LogP contribution in [0.1, 0.15) is 41.7 Å². The second kappa shape index (κ2) is 8.60. The molecule has 0 bridgehead atoms. The quantitative estimate of drug-likeness (QED) is 0.806. The van der Waals surface area contributed by atoms with E-state index in [0.29, 0.717) is 10.6 Å². The lowest BCUT2D eigenvalue weighted by atomic mass is 10.0. The molecular formula is C20H21ClN2O2S. The standard InChI is InChI=1S/C20H21ClN2O2S/c1-13(22-20(25)14-5-3-2-4-6-14)11-19(24)23-17-9-10-26-18-8-7-15(21)12-16(17)18/h2-8,12-13,17H,9-11H2,1H3,(H,22,25)(H,23,24)/t13-,17+/m1/s1. The van der Waals surface area contributed by atoms with Crippen LogP contribution in [0.25, 0.3) is 0 Å². The maximum absolute atomic E-state index is 12.4. The Hall–Kier alpha value is -1.98. The van der Waals surface area contributed by atoms with Crippen molar-refractivity contribution in [3.63, 3.8) is 0 Å². The van der Waals surface area contributed by atoms with E-state index in [4.69, 9.17) is 11.6 Å². The first-order valence-electron chi connectivity index (χ1n) is 8.60. The first-order chi connectivity index (χ1) is 12.5. The van der Waals surface area contributed by atoms with Crippen LogP contribution in [-0.2, 0) is 4.79 Å². The van der Waals surface area contributed by atoms with E-state index in [-0.39, 0.29) is 30.3 Å². The Bertz CT molecular complexity index is 798. The molecular weight excluding hydrogens is 368 g/mol. The van der Waals surface area contributed by atoms with Crippen LogP contribution in [-0.4, -0.2) is 23.6 Å². The Morgan fingerprint density at radius 1 is 1.23 bits per heavy atom. The van der Waals surface area contributed by atoms with E-state index >= 15 is 0 Å². The minimum absolute atomic E-state index is 0.0329. The summed E-state index contributed by atoms with van der Waals surface area (Å²) in [7, 11) is 0. The van der Waals surface area contributed by atoms with Gasteiger partial charge < -0.3 is 10.6 Å². The molecule has 0 fully saturated rings. The van der Waals surface area contributed by atoms with Crippen LogP contribution >= 0.6 is 23.4 Å².